The van der Waals surface area contributed by atoms with Gasteiger partial charge in [-0.1, -0.05) is 0 Å². The van der Waals surface area contributed by atoms with Crippen LogP contribution in [0.15, 0.2) is 66.1 Å². The molecule has 0 radical (unpaired) electrons. The van der Waals surface area contributed by atoms with E-state index in [1.165, 1.54) is 23.2 Å². The first kappa shape index (κ1) is 18.4. The van der Waals surface area contributed by atoms with Crippen molar-refractivity contribution in [3.8, 4) is 17.0 Å². The fourth-order valence-corrected chi connectivity index (χ4v) is 2.90. The molecule has 0 saturated carbocycles. The predicted molar refractivity (Wildman–Crippen MR) is 106 cm³/mol. The van der Waals surface area contributed by atoms with Crippen molar-refractivity contribution in [3.63, 3.8) is 0 Å². The lowest BCUT2D eigenvalue weighted by Gasteiger charge is -2.07. The normalized spacial score (nSPS) is 10.8. The minimum atomic E-state index is -0.335. The molecule has 0 bridgehead atoms. The second kappa shape index (κ2) is 7.93. The van der Waals surface area contributed by atoms with Gasteiger partial charge in [0.15, 0.2) is 0 Å². The molecule has 0 unspecified atom stereocenters. The number of ether oxygens (including phenoxy) is 1. The summed E-state index contributed by atoms with van der Waals surface area (Å²) in [5.74, 6) is 0.418. The van der Waals surface area contributed by atoms with Gasteiger partial charge in [-0.15, -0.1) is 0 Å². The van der Waals surface area contributed by atoms with Crippen molar-refractivity contribution in [2.75, 3.05) is 13.7 Å². The zero-order chi connectivity index (χ0) is 20.2. The molecule has 3 heterocycles. The molecule has 0 spiro atoms. The number of carbonyl (C=O) groups excluding carboxylic acids is 1. The van der Waals surface area contributed by atoms with Gasteiger partial charge >= 0.3 is 0 Å². The Kier molecular flexibility index (Phi) is 5.02. The topological polar surface area (TPSA) is 103 Å². The van der Waals surface area contributed by atoms with Crippen LogP contribution in [-0.2, 0) is 6.54 Å². The van der Waals surface area contributed by atoms with Crippen molar-refractivity contribution >= 4 is 11.4 Å². The summed E-state index contributed by atoms with van der Waals surface area (Å²) in [6.45, 7) is 0.606. The molecule has 9 nitrogen and oxygen atoms in total. The van der Waals surface area contributed by atoms with Gasteiger partial charge in [-0.25, -0.2) is 9.50 Å². The van der Waals surface area contributed by atoms with Crippen molar-refractivity contribution in [2.24, 2.45) is 0 Å². The molecule has 0 saturated heterocycles. The molecule has 146 valence electrons. The average molecular weight is 390 g/mol. The molecule has 4 rings (SSSR count). The third kappa shape index (κ3) is 3.84. The smallest absolute Gasteiger partial charge is 0.276 e. The van der Waals surface area contributed by atoms with Gasteiger partial charge in [-0.05, 0) is 30.3 Å². The number of carbonyl (C=O) groups is 1. The number of amides is 1. The van der Waals surface area contributed by atoms with Crippen LogP contribution in [0.25, 0.3) is 16.8 Å². The highest BCUT2D eigenvalue weighted by Crippen LogP contribution is 2.21. The largest absolute Gasteiger partial charge is 0.497 e. The van der Waals surface area contributed by atoms with Crippen LogP contribution in [-0.4, -0.2) is 43.7 Å². The molecule has 0 aliphatic rings. The second-order valence-electron chi connectivity index (χ2n) is 6.23. The van der Waals surface area contributed by atoms with Crippen molar-refractivity contribution in [1.29, 1.82) is 0 Å². The van der Waals surface area contributed by atoms with Gasteiger partial charge in [0.05, 0.1) is 19.0 Å². The first-order chi connectivity index (χ1) is 14.2. The van der Waals surface area contributed by atoms with Gasteiger partial charge in [-0.2, -0.15) is 5.10 Å². The van der Waals surface area contributed by atoms with Crippen LogP contribution in [0.1, 0.15) is 10.5 Å². The van der Waals surface area contributed by atoms with E-state index >= 15 is 0 Å². The Hall–Kier alpha value is -4.01. The van der Waals surface area contributed by atoms with E-state index in [1.54, 1.807) is 30.1 Å². The van der Waals surface area contributed by atoms with E-state index in [4.69, 9.17) is 4.74 Å². The number of aromatic nitrogens is 5. The van der Waals surface area contributed by atoms with Crippen molar-refractivity contribution < 1.29 is 9.53 Å². The number of hydrogen-bond acceptors (Lipinski definition) is 6. The number of nitrogens with one attached hydrogen (secondary N) is 1. The number of hydrogen-bond donors (Lipinski definition) is 1. The lowest BCUT2D eigenvalue weighted by Crippen LogP contribution is -2.31. The van der Waals surface area contributed by atoms with Crippen LogP contribution in [0.3, 0.4) is 0 Å². The summed E-state index contributed by atoms with van der Waals surface area (Å²) < 4.78 is 8.25. The maximum atomic E-state index is 12.8. The molecule has 9 heteroatoms. The molecule has 0 fully saturated rings. The molecular weight excluding hydrogens is 372 g/mol. The maximum absolute atomic E-state index is 12.8. The van der Waals surface area contributed by atoms with Crippen molar-refractivity contribution in [3.05, 3.63) is 77.4 Å². The third-order valence-corrected chi connectivity index (χ3v) is 4.42. The third-order valence-electron chi connectivity index (χ3n) is 4.42. The van der Waals surface area contributed by atoms with E-state index in [-0.39, 0.29) is 23.7 Å². The lowest BCUT2D eigenvalue weighted by atomic mass is 10.1. The molecule has 0 atom stereocenters. The fraction of sp³-hybridized carbons (Fsp3) is 0.150. The quantitative estimate of drug-likeness (QED) is 0.534. The van der Waals surface area contributed by atoms with Crippen LogP contribution >= 0.6 is 0 Å². The molecule has 1 amide bonds. The summed E-state index contributed by atoms with van der Waals surface area (Å²) >= 11 is 0. The monoisotopic (exact) mass is 390 g/mol. The molecule has 4 aromatic rings. The Bertz CT molecular complexity index is 1200. The zero-order valence-electron chi connectivity index (χ0n) is 15.6. The zero-order valence-corrected chi connectivity index (χ0v) is 15.6. The van der Waals surface area contributed by atoms with E-state index in [2.05, 4.69) is 20.4 Å². The predicted octanol–water partition coefficient (Wildman–Crippen LogP) is 1.39. The highest BCUT2D eigenvalue weighted by atomic mass is 16.5. The maximum Gasteiger partial charge on any atom is 0.276 e. The number of methoxy groups -OCH3 is 1. The van der Waals surface area contributed by atoms with Gasteiger partial charge in [0, 0.05) is 43.4 Å². The first-order valence-corrected chi connectivity index (χ1v) is 8.93. The summed E-state index contributed by atoms with van der Waals surface area (Å²) in [5, 5.41) is 7.20. The standard InChI is InChI=1S/C20H18N6O3/c1-29-15-4-2-14(3-5-15)16-12-18-20(28)25(10-11-26(18)24-16)9-8-23-19(27)17-13-21-6-7-22-17/h2-7,10-13H,8-9H2,1H3,(H,23,27). The summed E-state index contributed by atoms with van der Waals surface area (Å²) in [4.78, 5) is 32.6. The SMILES string of the molecule is COc1ccc(-c2cc3c(=O)n(CCNC(=O)c4cnccn4)ccn3n2)cc1. The summed E-state index contributed by atoms with van der Waals surface area (Å²) in [6.07, 6.45) is 7.70. The van der Waals surface area contributed by atoms with Gasteiger partial charge in [0.25, 0.3) is 11.5 Å². The Labute approximate surface area is 165 Å². The minimum absolute atomic E-state index is 0.187. The van der Waals surface area contributed by atoms with E-state index in [0.29, 0.717) is 17.8 Å². The Morgan fingerprint density at radius 3 is 2.72 bits per heavy atom. The van der Waals surface area contributed by atoms with Crippen LogP contribution in [0.2, 0.25) is 0 Å². The summed E-state index contributed by atoms with van der Waals surface area (Å²) in [6, 6.07) is 9.22. The average Bonchev–Trinajstić information content (AvgIpc) is 3.21. The second-order valence-corrected chi connectivity index (χ2v) is 6.23. The molecular formula is C20H18N6O3. The molecule has 29 heavy (non-hydrogen) atoms. The Morgan fingerprint density at radius 2 is 2.00 bits per heavy atom. The van der Waals surface area contributed by atoms with Crippen LogP contribution in [0, 0.1) is 0 Å². The Morgan fingerprint density at radius 1 is 1.17 bits per heavy atom. The van der Waals surface area contributed by atoms with E-state index in [9.17, 15) is 9.59 Å². The number of nitrogens with zero attached hydrogens (tertiary/aromatic N) is 5. The van der Waals surface area contributed by atoms with E-state index in [1.807, 2.05) is 24.3 Å². The lowest BCUT2D eigenvalue weighted by molar-refractivity contribution is 0.0947. The van der Waals surface area contributed by atoms with Crippen LogP contribution < -0.4 is 15.6 Å². The highest BCUT2D eigenvalue weighted by molar-refractivity contribution is 5.91. The number of fused-ring (bicyclic) bond motifs is 1. The highest BCUT2D eigenvalue weighted by Gasteiger charge is 2.10. The van der Waals surface area contributed by atoms with Crippen LogP contribution in [0.4, 0.5) is 0 Å². The summed E-state index contributed by atoms with van der Waals surface area (Å²) in [5.41, 5.74) is 2.08. The van der Waals surface area contributed by atoms with Gasteiger partial charge < -0.3 is 14.6 Å². The van der Waals surface area contributed by atoms with Gasteiger partial charge in [0.2, 0.25) is 0 Å². The molecule has 1 N–H and O–H groups in total. The molecule has 1 aromatic carbocycles. The van der Waals surface area contributed by atoms with E-state index < -0.39 is 0 Å². The van der Waals surface area contributed by atoms with Crippen molar-refractivity contribution in [1.82, 2.24) is 29.5 Å². The first-order valence-electron chi connectivity index (χ1n) is 8.93. The number of rotatable bonds is 6. The fourth-order valence-electron chi connectivity index (χ4n) is 2.90. The molecule has 0 aliphatic heterocycles. The van der Waals surface area contributed by atoms with Crippen LogP contribution in [0.5, 0.6) is 5.75 Å². The molecule has 3 aromatic heterocycles. The number of benzene rings is 1. The van der Waals surface area contributed by atoms with Crippen molar-refractivity contribution in [2.45, 2.75) is 6.54 Å². The Balaban J connectivity index is 1.50. The summed E-state index contributed by atoms with van der Waals surface area (Å²) in [7, 11) is 1.61. The van der Waals surface area contributed by atoms with Gasteiger partial charge in [-0.3, -0.25) is 14.6 Å². The van der Waals surface area contributed by atoms with Gasteiger partial charge in [0.1, 0.15) is 17.0 Å². The minimum Gasteiger partial charge on any atom is -0.497 e. The van der Waals surface area contributed by atoms with E-state index in [0.717, 1.165) is 11.3 Å². The molecule has 0 aliphatic carbocycles.